The first-order chi connectivity index (χ1) is 13.2. The van der Waals surface area contributed by atoms with Gasteiger partial charge in [0.2, 0.25) is 5.95 Å². The summed E-state index contributed by atoms with van der Waals surface area (Å²) in [5.74, 6) is 0.693. The Morgan fingerprint density at radius 3 is 2.81 bits per heavy atom. The van der Waals surface area contributed by atoms with E-state index in [1.54, 1.807) is 30.7 Å². The fourth-order valence-corrected chi connectivity index (χ4v) is 3.27. The molecule has 0 saturated heterocycles. The van der Waals surface area contributed by atoms with Gasteiger partial charge in [0.05, 0.1) is 12.2 Å². The molecule has 27 heavy (non-hydrogen) atoms. The molecule has 0 unspecified atom stereocenters. The molecule has 1 aliphatic heterocycles. The number of pyridine rings is 1. The van der Waals surface area contributed by atoms with Gasteiger partial charge in [-0.15, -0.1) is 0 Å². The summed E-state index contributed by atoms with van der Waals surface area (Å²) < 4.78 is 1.97. The summed E-state index contributed by atoms with van der Waals surface area (Å²) in [5.41, 5.74) is 2.33. The minimum atomic E-state index is -0.0608. The highest BCUT2D eigenvalue weighted by molar-refractivity contribution is 5.92. The SMILES string of the molecule is Cc1cccc(C(=O)N2Cc3ccnn3C[C@H](CNc3ncccn3)C2)n1. The van der Waals surface area contributed by atoms with Crippen LogP contribution in [0.25, 0.3) is 0 Å². The molecule has 1 aliphatic rings. The Morgan fingerprint density at radius 2 is 2.00 bits per heavy atom. The van der Waals surface area contributed by atoms with Crippen LogP contribution in [-0.2, 0) is 13.1 Å². The van der Waals surface area contributed by atoms with Gasteiger partial charge in [-0.1, -0.05) is 6.07 Å². The smallest absolute Gasteiger partial charge is 0.272 e. The normalized spacial score (nSPS) is 16.5. The first kappa shape index (κ1) is 17.1. The molecule has 8 heteroatoms. The zero-order valence-corrected chi connectivity index (χ0v) is 15.1. The maximum absolute atomic E-state index is 13.0. The van der Waals surface area contributed by atoms with E-state index in [1.807, 2.05) is 34.7 Å². The molecule has 0 aliphatic carbocycles. The highest BCUT2D eigenvalue weighted by Crippen LogP contribution is 2.18. The number of amides is 1. The van der Waals surface area contributed by atoms with Crippen molar-refractivity contribution in [2.45, 2.75) is 20.0 Å². The van der Waals surface area contributed by atoms with Crippen molar-refractivity contribution in [3.63, 3.8) is 0 Å². The van der Waals surface area contributed by atoms with Crippen LogP contribution in [0.5, 0.6) is 0 Å². The highest BCUT2D eigenvalue weighted by atomic mass is 16.2. The third-order valence-corrected chi connectivity index (χ3v) is 4.58. The molecular weight excluding hydrogens is 342 g/mol. The third kappa shape index (κ3) is 3.94. The predicted molar refractivity (Wildman–Crippen MR) is 100.0 cm³/mol. The van der Waals surface area contributed by atoms with Crippen LogP contribution >= 0.6 is 0 Å². The molecule has 0 radical (unpaired) electrons. The molecule has 0 spiro atoms. The molecule has 3 aromatic rings. The van der Waals surface area contributed by atoms with Gasteiger partial charge in [0, 0.05) is 49.8 Å². The van der Waals surface area contributed by atoms with Crippen LogP contribution in [0.3, 0.4) is 0 Å². The number of hydrogen-bond donors (Lipinski definition) is 1. The van der Waals surface area contributed by atoms with Crippen molar-refractivity contribution in [2.24, 2.45) is 5.92 Å². The number of rotatable bonds is 4. The number of aryl methyl sites for hydroxylation is 1. The lowest BCUT2D eigenvalue weighted by Gasteiger charge is -2.24. The number of carbonyl (C=O) groups is 1. The van der Waals surface area contributed by atoms with Gasteiger partial charge in [0.25, 0.3) is 5.91 Å². The van der Waals surface area contributed by atoms with E-state index in [-0.39, 0.29) is 11.8 Å². The molecule has 1 amide bonds. The second-order valence-electron chi connectivity index (χ2n) is 6.67. The monoisotopic (exact) mass is 363 g/mol. The molecule has 1 atom stereocenters. The van der Waals surface area contributed by atoms with Crippen molar-refractivity contribution in [3.8, 4) is 0 Å². The topological polar surface area (TPSA) is 88.8 Å². The molecule has 0 fully saturated rings. The molecular formula is C19H21N7O. The van der Waals surface area contributed by atoms with Crippen molar-refractivity contribution in [2.75, 3.05) is 18.4 Å². The Bertz CT molecular complexity index is 925. The Morgan fingerprint density at radius 1 is 1.15 bits per heavy atom. The highest BCUT2D eigenvalue weighted by Gasteiger charge is 2.27. The van der Waals surface area contributed by atoms with E-state index in [1.165, 1.54) is 0 Å². The maximum atomic E-state index is 13.0. The Hall–Kier alpha value is -3.29. The molecule has 8 nitrogen and oxygen atoms in total. The fourth-order valence-electron chi connectivity index (χ4n) is 3.27. The van der Waals surface area contributed by atoms with Crippen LogP contribution in [0.1, 0.15) is 21.9 Å². The second-order valence-corrected chi connectivity index (χ2v) is 6.67. The summed E-state index contributed by atoms with van der Waals surface area (Å²) in [6.07, 6.45) is 5.18. The summed E-state index contributed by atoms with van der Waals surface area (Å²) in [6, 6.07) is 9.26. The van der Waals surface area contributed by atoms with Crippen molar-refractivity contribution in [3.05, 3.63) is 66.0 Å². The third-order valence-electron chi connectivity index (χ3n) is 4.58. The minimum absolute atomic E-state index is 0.0608. The Kier molecular flexibility index (Phi) is 4.78. The fraction of sp³-hybridized carbons (Fsp3) is 0.316. The molecule has 0 aromatic carbocycles. The lowest BCUT2D eigenvalue weighted by molar-refractivity contribution is 0.0718. The van der Waals surface area contributed by atoms with Gasteiger partial charge in [-0.25, -0.2) is 15.0 Å². The second kappa shape index (κ2) is 7.53. The summed E-state index contributed by atoms with van der Waals surface area (Å²) >= 11 is 0. The number of hydrogen-bond acceptors (Lipinski definition) is 6. The number of fused-ring (bicyclic) bond motifs is 1. The lowest BCUT2D eigenvalue weighted by atomic mass is 10.1. The first-order valence-corrected chi connectivity index (χ1v) is 8.93. The van der Waals surface area contributed by atoms with E-state index in [2.05, 4.69) is 25.4 Å². The summed E-state index contributed by atoms with van der Waals surface area (Å²) in [5, 5.41) is 7.66. The molecule has 4 heterocycles. The quantitative estimate of drug-likeness (QED) is 0.760. The van der Waals surface area contributed by atoms with Gasteiger partial charge in [-0.2, -0.15) is 5.10 Å². The first-order valence-electron chi connectivity index (χ1n) is 8.93. The largest absolute Gasteiger partial charge is 0.354 e. The molecule has 4 rings (SSSR count). The van der Waals surface area contributed by atoms with Crippen LogP contribution < -0.4 is 5.32 Å². The lowest BCUT2D eigenvalue weighted by Crippen LogP contribution is -2.36. The van der Waals surface area contributed by atoms with Crippen LogP contribution in [0, 0.1) is 12.8 Å². The van der Waals surface area contributed by atoms with E-state index in [0.29, 0.717) is 31.3 Å². The van der Waals surface area contributed by atoms with Gasteiger partial charge in [-0.05, 0) is 31.2 Å². The van der Waals surface area contributed by atoms with Gasteiger partial charge in [0.15, 0.2) is 0 Å². The average molecular weight is 363 g/mol. The minimum Gasteiger partial charge on any atom is -0.354 e. The van der Waals surface area contributed by atoms with Crippen molar-refractivity contribution < 1.29 is 4.79 Å². The van der Waals surface area contributed by atoms with Crippen LogP contribution in [0.15, 0.2) is 48.9 Å². The average Bonchev–Trinajstić information content (AvgIpc) is 3.04. The summed E-state index contributed by atoms with van der Waals surface area (Å²) in [4.78, 5) is 27.7. The van der Waals surface area contributed by atoms with E-state index in [4.69, 9.17) is 0 Å². The molecule has 3 aromatic heterocycles. The van der Waals surface area contributed by atoms with Crippen molar-refractivity contribution in [1.82, 2.24) is 29.6 Å². The molecule has 0 saturated carbocycles. The Labute approximate surface area is 157 Å². The maximum Gasteiger partial charge on any atom is 0.272 e. The van der Waals surface area contributed by atoms with Gasteiger partial charge in [0.1, 0.15) is 5.69 Å². The summed E-state index contributed by atoms with van der Waals surface area (Å²) in [6.45, 7) is 4.40. The van der Waals surface area contributed by atoms with Crippen LogP contribution in [0.2, 0.25) is 0 Å². The molecule has 138 valence electrons. The van der Waals surface area contributed by atoms with E-state index >= 15 is 0 Å². The van der Waals surface area contributed by atoms with Crippen molar-refractivity contribution in [1.29, 1.82) is 0 Å². The number of nitrogens with one attached hydrogen (secondary N) is 1. The van der Waals surface area contributed by atoms with Gasteiger partial charge < -0.3 is 10.2 Å². The number of aromatic nitrogens is 5. The molecule has 1 N–H and O–H groups in total. The van der Waals surface area contributed by atoms with Crippen LogP contribution in [0.4, 0.5) is 5.95 Å². The van der Waals surface area contributed by atoms with Crippen molar-refractivity contribution >= 4 is 11.9 Å². The number of nitrogens with zero attached hydrogens (tertiary/aromatic N) is 6. The number of carbonyl (C=O) groups excluding carboxylic acids is 1. The van der Waals surface area contributed by atoms with E-state index in [9.17, 15) is 4.79 Å². The summed E-state index contributed by atoms with van der Waals surface area (Å²) in [7, 11) is 0. The van der Waals surface area contributed by atoms with Gasteiger partial charge in [-0.3, -0.25) is 9.48 Å². The standard InChI is InChI=1S/C19H21N7O/c1-14-4-2-5-17(24-14)18(27)25-11-15(10-22-19-20-7-3-8-21-19)12-26-16(13-25)6-9-23-26/h2-9,15H,10-13H2,1H3,(H,20,21,22)/t15-/m1/s1. The van der Waals surface area contributed by atoms with E-state index < -0.39 is 0 Å². The van der Waals surface area contributed by atoms with Crippen LogP contribution in [-0.4, -0.2) is 48.6 Å². The molecule has 0 bridgehead atoms. The van der Waals surface area contributed by atoms with Gasteiger partial charge >= 0.3 is 0 Å². The predicted octanol–water partition coefficient (Wildman–Crippen LogP) is 1.76. The zero-order valence-electron chi connectivity index (χ0n) is 15.1. The zero-order chi connectivity index (χ0) is 18.6. The Balaban J connectivity index is 1.54. The number of anilines is 1. The van der Waals surface area contributed by atoms with E-state index in [0.717, 1.165) is 17.9 Å².